The van der Waals surface area contributed by atoms with Crippen LogP contribution in [0.2, 0.25) is 0 Å². The lowest BCUT2D eigenvalue weighted by Crippen LogP contribution is -2.42. The molecule has 1 aromatic carbocycles. The Morgan fingerprint density at radius 2 is 2.04 bits per heavy atom. The lowest BCUT2D eigenvalue weighted by molar-refractivity contribution is 0.0134. The molecule has 1 unspecified atom stereocenters. The standard InChI is InChI=1S/C18H20N2O2S/c1-23-17-15(8-5-11-19-17)16(21)20-12-18(22,14-9-10-14)13-6-3-2-4-7-13/h2-8,11,14,22H,9-10,12H2,1H3,(H,20,21). The third kappa shape index (κ3) is 3.41. The molecule has 1 aromatic heterocycles. The molecule has 1 amide bonds. The first-order chi connectivity index (χ1) is 11.1. The predicted molar refractivity (Wildman–Crippen MR) is 91.4 cm³/mol. The quantitative estimate of drug-likeness (QED) is 0.801. The molecule has 0 bridgehead atoms. The minimum atomic E-state index is -1.00. The Morgan fingerprint density at radius 3 is 2.70 bits per heavy atom. The van der Waals surface area contributed by atoms with Gasteiger partial charge in [0.15, 0.2) is 0 Å². The molecule has 0 saturated heterocycles. The second kappa shape index (κ2) is 6.72. The number of rotatable bonds is 6. The summed E-state index contributed by atoms with van der Waals surface area (Å²) in [5, 5.41) is 14.7. The highest BCUT2D eigenvalue weighted by atomic mass is 32.2. The summed E-state index contributed by atoms with van der Waals surface area (Å²) in [7, 11) is 0. The third-order valence-corrected chi connectivity index (χ3v) is 4.97. The molecule has 0 aliphatic heterocycles. The van der Waals surface area contributed by atoms with E-state index in [-0.39, 0.29) is 18.4 Å². The molecule has 1 saturated carbocycles. The van der Waals surface area contributed by atoms with Crippen molar-refractivity contribution in [3.8, 4) is 0 Å². The molecule has 0 spiro atoms. The fourth-order valence-electron chi connectivity index (χ4n) is 2.81. The second-order valence-electron chi connectivity index (χ2n) is 5.81. The van der Waals surface area contributed by atoms with Crippen molar-refractivity contribution in [1.29, 1.82) is 0 Å². The molecular formula is C18H20N2O2S. The van der Waals surface area contributed by atoms with Gasteiger partial charge in [-0.3, -0.25) is 4.79 Å². The second-order valence-corrected chi connectivity index (χ2v) is 6.60. The van der Waals surface area contributed by atoms with Crippen molar-refractivity contribution in [2.45, 2.75) is 23.5 Å². The summed E-state index contributed by atoms with van der Waals surface area (Å²) in [6.07, 6.45) is 5.55. The molecule has 5 heteroatoms. The number of thioether (sulfide) groups is 1. The zero-order valence-electron chi connectivity index (χ0n) is 13.0. The van der Waals surface area contributed by atoms with Crippen LogP contribution in [0.1, 0.15) is 28.8 Å². The molecule has 120 valence electrons. The van der Waals surface area contributed by atoms with E-state index in [0.717, 1.165) is 18.4 Å². The first kappa shape index (κ1) is 16.0. The van der Waals surface area contributed by atoms with E-state index in [1.807, 2.05) is 36.6 Å². The average Bonchev–Trinajstić information content (AvgIpc) is 3.45. The smallest absolute Gasteiger partial charge is 0.254 e. The maximum absolute atomic E-state index is 12.5. The normalized spacial score (nSPS) is 16.6. The number of amides is 1. The van der Waals surface area contributed by atoms with Gasteiger partial charge in [0, 0.05) is 6.20 Å². The van der Waals surface area contributed by atoms with Crippen molar-refractivity contribution < 1.29 is 9.90 Å². The molecule has 1 heterocycles. The molecule has 1 fully saturated rings. The number of benzene rings is 1. The van der Waals surface area contributed by atoms with E-state index in [4.69, 9.17) is 0 Å². The van der Waals surface area contributed by atoms with Crippen LogP contribution in [0.25, 0.3) is 0 Å². The summed E-state index contributed by atoms with van der Waals surface area (Å²) < 4.78 is 0. The van der Waals surface area contributed by atoms with E-state index in [1.165, 1.54) is 11.8 Å². The van der Waals surface area contributed by atoms with Crippen LogP contribution in [0.15, 0.2) is 53.7 Å². The van der Waals surface area contributed by atoms with E-state index < -0.39 is 5.60 Å². The highest BCUT2D eigenvalue weighted by molar-refractivity contribution is 7.98. The Labute approximate surface area is 140 Å². The molecule has 2 N–H and O–H groups in total. The predicted octanol–water partition coefficient (Wildman–Crippen LogP) is 2.83. The van der Waals surface area contributed by atoms with Gasteiger partial charge in [0.25, 0.3) is 5.91 Å². The van der Waals surface area contributed by atoms with Gasteiger partial charge in [0.05, 0.1) is 12.1 Å². The van der Waals surface area contributed by atoms with Crippen LogP contribution in [0.4, 0.5) is 0 Å². The van der Waals surface area contributed by atoms with Gasteiger partial charge >= 0.3 is 0 Å². The van der Waals surface area contributed by atoms with E-state index in [1.54, 1.807) is 18.3 Å². The van der Waals surface area contributed by atoms with Gasteiger partial charge in [0.1, 0.15) is 10.6 Å². The number of aliphatic hydroxyl groups is 1. The number of carbonyl (C=O) groups excluding carboxylic acids is 1. The molecule has 4 nitrogen and oxygen atoms in total. The van der Waals surface area contributed by atoms with Gasteiger partial charge in [-0.25, -0.2) is 4.98 Å². The maximum atomic E-state index is 12.5. The Kier molecular flexibility index (Phi) is 4.68. The summed E-state index contributed by atoms with van der Waals surface area (Å²) in [5.74, 6) is 0.0107. The highest BCUT2D eigenvalue weighted by Crippen LogP contribution is 2.45. The molecule has 1 aliphatic carbocycles. The number of nitrogens with zero attached hydrogens (tertiary/aromatic N) is 1. The molecule has 1 aliphatic rings. The summed E-state index contributed by atoms with van der Waals surface area (Å²) in [6, 6.07) is 13.1. The Hall–Kier alpha value is -1.85. The highest BCUT2D eigenvalue weighted by Gasteiger charge is 2.45. The van der Waals surface area contributed by atoms with Crippen LogP contribution in [0.3, 0.4) is 0 Å². The van der Waals surface area contributed by atoms with Gasteiger partial charge in [-0.05, 0) is 42.7 Å². The number of pyridine rings is 1. The van der Waals surface area contributed by atoms with Crippen LogP contribution in [-0.4, -0.2) is 28.8 Å². The summed E-state index contributed by atoms with van der Waals surface area (Å²) in [4.78, 5) is 16.7. The number of hydrogen-bond acceptors (Lipinski definition) is 4. The number of carbonyl (C=O) groups is 1. The van der Waals surface area contributed by atoms with Crippen LogP contribution in [-0.2, 0) is 5.60 Å². The van der Waals surface area contributed by atoms with Crippen LogP contribution >= 0.6 is 11.8 Å². The molecule has 1 atom stereocenters. The van der Waals surface area contributed by atoms with Crippen molar-refractivity contribution in [3.63, 3.8) is 0 Å². The number of nitrogens with one attached hydrogen (secondary N) is 1. The monoisotopic (exact) mass is 328 g/mol. The molecule has 3 rings (SSSR count). The van der Waals surface area contributed by atoms with Gasteiger partial charge in [-0.15, -0.1) is 11.8 Å². The summed E-state index contributed by atoms with van der Waals surface area (Å²) >= 11 is 1.44. The molecular weight excluding hydrogens is 308 g/mol. The lowest BCUT2D eigenvalue weighted by Gasteiger charge is -2.29. The first-order valence-corrected chi connectivity index (χ1v) is 8.92. The fourth-order valence-corrected chi connectivity index (χ4v) is 3.35. The minimum absolute atomic E-state index is 0.197. The topological polar surface area (TPSA) is 62.2 Å². The van der Waals surface area contributed by atoms with Crippen LogP contribution in [0.5, 0.6) is 0 Å². The van der Waals surface area contributed by atoms with Crippen molar-refractivity contribution in [3.05, 3.63) is 59.8 Å². The van der Waals surface area contributed by atoms with Gasteiger partial charge in [-0.2, -0.15) is 0 Å². The van der Waals surface area contributed by atoms with E-state index in [9.17, 15) is 9.90 Å². The van der Waals surface area contributed by atoms with E-state index in [2.05, 4.69) is 10.3 Å². The van der Waals surface area contributed by atoms with E-state index in [0.29, 0.717) is 10.6 Å². The summed E-state index contributed by atoms with van der Waals surface area (Å²) in [5.41, 5.74) is 0.406. The lowest BCUT2D eigenvalue weighted by atomic mass is 9.88. The van der Waals surface area contributed by atoms with Crippen molar-refractivity contribution in [2.75, 3.05) is 12.8 Å². The number of hydrogen-bond donors (Lipinski definition) is 2. The van der Waals surface area contributed by atoms with Crippen LogP contribution in [0, 0.1) is 5.92 Å². The fraction of sp³-hybridized carbons (Fsp3) is 0.333. The SMILES string of the molecule is CSc1ncccc1C(=O)NCC(O)(c1ccccc1)C1CC1. The third-order valence-electron chi connectivity index (χ3n) is 4.25. The molecule has 2 aromatic rings. The Bertz CT molecular complexity index is 688. The molecule has 0 radical (unpaired) electrons. The Balaban J connectivity index is 1.76. The number of aromatic nitrogens is 1. The van der Waals surface area contributed by atoms with Crippen molar-refractivity contribution in [2.24, 2.45) is 5.92 Å². The zero-order valence-corrected chi connectivity index (χ0v) is 13.8. The van der Waals surface area contributed by atoms with Crippen LogP contribution < -0.4 is 5.32 Å². The molecule has 23 heavy (non-hydrogen) atoms. The van der Waals surface area contributed by atoms with Gasteiger partial charge in [0.2, 0.25) is 0 Å². The first-order valence-electron chi connectivity index (χ1n) is 7.70. The van der Waals surface area contributed by atoms with Crippen molar-refractivity contribution in [1.82, 2.24) is 10.3 Å². The van der Waals surface area contributed by atoms with E-state index >= 15 is 0 Å². The van der Waals surface area contributed by atoms with Crippen molar-refractivity contribution >= 4 is 17.7 Å². The Morgan fingerprint density at radius 1 is 1.30 bits per heavy atom. The summed E-state index contributed by atoms with van der Waals surface area (Å²) in [6.45, 7) is 0.212. The average molecular weight is 328 g/mol. The zero-order chi connectivity index (χ0) is 16.3. The van der Waals surface area contributed by atoms with Gasteiger partial charge in [-0.1, -0.05) is 30.3 Å². The largest absolute Gasteiger partial charge is 0.383 e. The van der Waals surface area contributed by atoms with Gasteiger partial charge < -0.3 is 10.4 Å². The maximum Gasteiger partial charge on any atom is 0.254 e. The minimum Gasteiger partial charge on any atom is -0.383 e.